The molecule has 0 bridgehead atoms. The second kappa shape index (κ2) is 10.7. The molecule has 0 unspecified atom stereocenters. The second-order valence-corrected chi connectivity index (χ2v) is 7.23. The highest BCUT2D eigenvalue weighted by Gasteiger charge is 2.10. The van der Waals surface area contributed by atoms with Crippen molar-refractivity contribution in [3.8, 4) is 11.5 Å². The number of nitrogens with one attached hydrogen (secondary N) is 1. The first kappa shape index (κ1) is 20.2. The highest BCUT2D eigenvalue weighted by Crippen LogP contribution is 2.25. The largest absolute Gasteiger partial charge is 0.493 e. The number of ether oxygens (including phenoxy) is 2. The van der Waals surface area contributed by atoms with E-state index in [1.54, 1.807) is 13.2 Å². The lowest BCUT2D eigenvalue weighted by Gasteiger charge is -2.20. The van der Waals surface area contributed by atoms with E-state index in [4.69, 9.17) is 9.47 Å². The van der Waals surface area contributed by atoms with E-state index in [1.807, 2.05) is 24.3 Å². The van der Waals surface area contributed by atoms with Gasteiger partial charge in [0, 0.05) is 13.1 Å². The van der Waals surface area contributed by atoms with Gasteiger partial charge in [-0.05, 0) is 49.2 Å². The summed E-state index contributed by atoms with van der Waals surface area (Å²) >= 11 is 0. The van der Waals surface area contributed by atoms with Crippen molar-refractivity contribution in [1.82, 2.24) is 10.2 Å². The summed E-state index contributed by atoms with van der Waals surface area (Å²) in [5.74, 6) is 1.04. The Bertz CT molecular complexity index is 755. The van der Waals surface area contributed by atoms with Crippen LogP contribution in [0, 0.1) is 0 Å². The first-order valence-electron chi connectivity index (χ1n) is 10.1. The van der Waals surface area contributed by atoms with Gasteiger partial charge in [-0.1, -0.05) is 49.2 Å². The van der Waals surface area contributed by atoms with E-state index in [2.05, 4.69) is 28.4 Å². The monoisotopic (exact) mass is 382 g/mol. The van der Waals surface area contributed by atoms with E-state index in [0.29, 0.717) is 18.0 Å². The van der Waals surface area contributed by atoms with Crippen LogP contribution in [0.1, 0.15) is 36.8 Å². The molecule has 0 spiro atoms. The van der Waals surface area contributed by atoms with Crippen LogP contribution in [-0.2, 0) is 17.9 Å². The summed E-state index contributed by atoms with van der Waals surface area (Å²) < 4.78 is 10.8. The number of hydrogen-bond acceptors (Lipinski definition) is 4. The maximum Gasteiger partial charge on any atom is 0.258 e. The summed E-state index contributed by atoms with van der Waals surface area (Å²) in [6.07, 6.45) is 5.28. The molecule has 0 atom stereocenters. The van der Waals surface area contributed by atoms with Crippen molar-refractivity contribution in [2.24, 2.45) is 0 Å². The van der Waals surface area contributed by atoms with E-state index >= 15 is 0 Å². The lowest BCUT2D eigenvalue weighted by atomic mass is 10.1. The molecule has 1 heterocycles. The van der Waals surface area contributed by atoms with Crippen molar-refractivity contribution in [1.29, 1.82) is 0 Å². The number of carbonyl (C=O) groups excluding carboxylic acids is 1. The molecule has 0 aliphatic carbocycles. The van der Waals surface area contributed by atoms with Crippen LogP contribution in [0.2, 0.25) is 0 Å². The Morgan fingerprint density at radius 3 is 2.43 bits per heavy atom. The summed E-state index contributed by atoms with van der Waals surface area (Å²) in [6, 6.07) is 15.8. The summed E-state index contributed by atoms with van der Waals surface area (Å²) in [6.45, 7) is 3.82. The van der Waals surface area contributed by atoms with E-state index in [-0.39, 0.29) is 12.5 Å². The van der Waals surface area contributed by atoms with Crippen molar-refractivity contribution in [2.75, 3.05) is 26.8 Å². The third kappa shape index (κ3) is 6.27. The molecule has 1 saturated heterocycles. The van der Waals surface area contributed by atoms with Crippen molar-refractivity contribution < 1.29 is 14.3 Å². The fourth-order valence-electron chi connectivity index (χ4n) is 3.52. The van der Waals surface area contributed by atoms with Gasteiger partial charge in [0.1, 0.15) is 0 Å². The number of benzene rings is 2. The Hall–Kier alpha value is -2.53. The zero-order valence-corrected chi connectivity index (χ0v) is 16.7. The van der Waals surface area contributed by atoms with Gasteiger partial charge in [-0.3, -0.25) is 9.69 Å². The zero-order chi connectivity index (χ0) is 19.6. The van der Waals surface area contributed by atoms with Crippen molar-refractivity contribution in [3.05, 3.63) is 59.7 Å². The van der Waals surface area contributed by atoms with Crippen LogP contribution in [0.3, 0.4) is 0 Å². The van der Waals surface area contributed by atoms with Gasteiger partial charge in [0.05, 0.1) is 7.11 Å². The zero-order valence-electron chi connectivity index (χ0n) is 16.7. The summed E-state index contributed by atoms with van der Waals surface area (Å²) in [4.78, 5) is 14.7. The third-order valence-corrected chi connectivity index (χ3v) is 5.01. The van der Waals surface area contributed by atoms with Crippen LogP contribution in [0.15, 0.2) is 48.5 Å². The minimum atomic E-state index is -0.149. The molecule has 1 aliphatic rings. The molecule has 3 rings (SSSR count). The van der Waals surface area contributed by atoms with Crippen molar-refractivity contribution in [3.63, 3.8) is 0 Å². The molecule has 1 fully saturated rings. The van der Waals surface area contributed by atoms with Crippen LogP contribution < -0.4 is 14.8 Å². The van der Waals surface area contributed by atoms with E-state index in [0.717, 1.165) is 12.1 Å². The molecule has 5 heteroatoms. The number of likely N-dealkylation sites (tertiary alicyclic amines) is 1. The highest BCUT2D eigenvalue weighted by atomic mass is 16.5. The predicted octanol–water partition coefficient (Wildman–Crippen LogP) is 3.77. The van der Waals surface area contributed by atoms with Gasteiger partial charge in [0.2, 0.25) is 0 Å². The van der Waals surface area contributed by atoms with Crippen LogP contribution in [-0.4, -0.2) is 37.6 Å². The second-order valence-electron chi connectivity index (χ2n) is 7.23. The number of carbonyl (C=O) groups is 1. The smallest absolute Gasteiger partial charge is 0.258 e. The van der Waals surface area contributed by atoms with Crippen LogP contribution >= 0.6 is 0 Å². The summed E-state index contributed by atoms with van der Waals surface area (Å²) in [5.41, 5.74) is 2.41. The van der Waals surface area contributed by atoms with Crippen LogP contribution in [0.5, 0.6) is 11.5 Å². The molecular formula is C23H30N2O3. The standard InChI is InChI=1S/C23H30N2O3/c1-27-21-11-4-5-12-22(21)28-18-23(26)24-16-19-9-8-10-20(15-19)17-25-13-6-2-3-7-14-25/h4-5,8-12,15H,2-3,6-7,13-14,16-18H2,1H3,(H,24,26). The summed E-state index contributed by atoms with van der Waals surface area (Å²) in [5, 5.41) is 2.93. The Balaban J connectivity index is 1.46. The maximum atomic E-state index is 12.1. The Morgan fingerprint density at radius 1 is 0.964 bits per heavy atom. The lowest BCUT2D eigenvalue weighted by Crippen LogP contribution is -2.28. The highest BCUT2D eigenvalue weighted by molar-refractivity contribution is 5.77. The van der Waals surface area contributed by atoms with E-state index < -0.39 is 0 Å². The Morgan fingerprint density at radius 2 is 1.68 bits per heavy atom. The summed E-state index contributed by atoms with van der Waals surface area (Å²) in [7, 11) is 1.58. The van der Waals surface area contributed by atoms with Gasteiger partial charge < -0.3 is 14.8 Å². The molecule has 0 saturated carbocycles. The molecule has 2 aromatic rings. The number of nitrogens with zero attached hydrogens (tertiary/aromatic N) is 1. The Labute approximate surface area is 167 Å². The topological polar surface area (TPSA) is 50.8 Å². The molecule has 1 amide bonds. The predicted molar refractivity (Wildman–Crippen MR) is 111 cm³/mol. The molecule has 2 aromatic carbocycles. The number of amides is 1. The number of rotatable bonds is 8. The molecule has 1 aliphatic heterocycles. The molecule has 1 N–H and O–H groups in total. The average molecular weight is 383 g/mol. The first-order valence-corrected chi connectivity index (χ1v) is 10.1. The fraction of sp³-hybridized carbons (Fsp3) is 0.435. The molecule has 0 aromatic heterocycles. The van der Waals surface area contributed by atoms with Gasteiger partial charge in [-0.15, -0.1) is 0 Å². The van der Waals surface area contributed by atoms with Gasteiger partial charge >= 0.3 is 0 Å². The fourth-order valence-corrected chi connectivity index (χ4v) is 3.52. The molecule has 28 heavy (non-hydrogen) atoms. The normalized spacial score (nSPS) is 14.9. The van der Waals surface area contributed by atoms with Gasteiger partial charge in [-0.25, -0.2) is 0 Å². The molecular weight excluding hydrogens is 352 g/mol. The van der Waals surface area contributed by atoms with Gasteiger partial charge in [0.25, 0.3) is 5.91 Å². The van der Waals surface area contributed by atoms with Crippen LogP contribution in [0.25, 0.3) is 0 Å². The molecule has 0 radical (unpaired) electrons. The minimum absolute atomic E-state index is 0.0339. The quantitative estimate of drug-likeness (QED) is 0.755. The minimum Gasteiger partial charge on any atom is -0.493 e. The number of para-hydroxylation sites is 2. The van der Waals surface area contributed by atoms with E-state index in [1.165, 1.54) is 44.3 Å². The SMILES string of the molecule is COc1ccccc1OCC(=O)NCc1cccc(CN2CCCCCC2)c1. The average Bonchev–Trinajstić information content (AvgIpc) is 3.00. The number of hydrogen-bond donors (Lipinski definition) is 1. The Kier molecular flexibility index (Phi) is 7.73. The van der Waals surface area contributed by atoms with Gasteiger partial charge in [-0.2, -0.15) is 0 Å². The van der Waals surface area contributed by atoms with Crippen molar-refractivity contribution >= 4 is 5.91 Å². The van der Waals surface area contributed by atoms with Crippen molar-refractivity contribution in [2.45, 2.75) is 38.8 Å². The van der Waals surface area contributed by atoms with Gasteiger partial charge in [0.15, 0.2) is 18.1 Å². The number of methoxy groups -OCH3 is 1. The third-order valence-electron chi connectivity index (χ3n) is 5.01. The lowest BCUT2D eigenvalue weighted by molar-refractivity contribution is -0.123. The molecule has 150 valence electrons. The molecule has 5 nitrogen and oxygen atoms in total. The maximum absolute atomic E-state index is 12.1. The first-order chi connectivity index (χ1) is 13.7. The van der Waals surface area contributed by atoms with Crippen LogP contribution in [0.4, 0.5) is 0 Å². The van der Waals surface area contributed by atoms with E-state index in [9.17, 15) is 4.79 Å².